The number of ether oxygens (including phenoxy) is 3. The third-order valence-corrected chi connectivity index (χ3v) is 6.39. The van der Waals surface area contributed by atoms with Crippen LogP contribution in [0.25, 0.3) is 0 Å². The first-order valence-corrected chi connectivity index (χ1v) is 15.5. The molecule has 34 heavy (non-hydrogen) atoms. The van der Waals surface area contributed by atoms with Crippen LogP contribution in [0.15, 0.2) is 0 Å². The standard InChI is InChI=1S/C26H55O7P/c1-2-3-4-5-6-7-8-9-10-11-12-13-14-15-16-17-18-19-20-30-21-22-31-23-24-32-25-26-33-34(27,28)29/h2-26H2,1H3,(H2,27,28,29). The topological polar surface area (TPSA) is 94.5 Å². The van der Waals surface area contributed by atoms with E-state index in [1.54, 1.807) is 0 Å². The lowest BCUT2D eigenvalue weighted by molar-refractivity contribution is 0.00702. The van der Waals surface area contributed by atoms with E-state index in [1.807, 2.05) is 0 Å². The Bertz CT molecular complexity index is 431. The van der Waals surface area contributed by atoms with Gasteiger partial charge >= 0.3 is 7.82 Å². The minimum Gasteiger partial charge on any atom is -0.379 e. The van der Waals surface area contributed by atoms with Crippen molar-refractivity contribution in [2.45, 2.75) is 122 Å². The summed E-state index contributed by atoms with van der Waals surface area (Å²) < 4.78 is 30.8. The fourth-order valence-corrected chi connectivity index (χ4v) is 4.18. The van der Waals surface area contributed by atoms with Crippen LogP contribution in [-0.4, -0.2) is 56.0 Å². The van der Waals surface area contributed by atoms with Gasteiger partial charge in [-0.05, 0) is 6.42 Å². The highest BCUT2D eigenvalue weighted by molar-refractivity contribution is 7.46. The number of hydrogen-bond donors (Lipinski definition) is 2. The Hall–Kier alpha value is -0.0100. The SMILES string of the molecule is CCCCCCCCCCCCCCCCCCCCOCCOCCOCCOP(=O)(O)O. The maximum Gasteiger partial charge on any atom is 0.469 e. The summed E-state index contributed by atoms with van der Waals surface area (Å²) in [7, 11) is -4.39. The monoisotopic (exact) mass is 510 g/mol. The van der Waals surface area contributed by atoms with Gasteiger partial charge in [0.1, 0.15) is 0 Å². The van der Waals surface area contributed by atoms with Crippen molar-refractivity contribution >= 4 is 7.82 Å². The van der Waals surface area contributed by atoms with Gasteiger partial charge in [-0.3, -0.25) is 4.52 Å². The van der Waals surface area contributed by atoms with E-state index in [9.17, 15) is 4.57 Å². The van der Waals surface area contributed by atoms with Crippen molar-refractivity contribution in [2.24, 2.45) is 0 Å². The van der Waals surface area contributed by atoms with Crippen LogP contribution in [0.3, 0.4) is 0 Å². The van der Waals surface area contributed by atoms with Gasteiger partial charge in [0.25, 0.3) is 0 Å². The highest BCUT2D eigenvalue weighted by Gasteiger charge is 2.12. The summed E-state index contributed by atoms with van der Waals surface area (Å²) in [5.41, 5.74) is 0. The molecule has 8 heteroatoms. The molecular formula is C26H55O7P. The second-order valence-electron chi connectivity index (χ2n) is 9.17. The average Bonchev–Trinajstić information content (AvgIpc) is 2.80. The van der Waals surface area contributed by atoms with Gasteiger partial charge in [-0.1, -0.05) is 116 Å². The summed E-state index contributed by atoms with van der Waals surface area (Å²) in [6.45, 7) is 4.98. The van der Waals surface area contributed by atoms with Crippen molar-refractivity contribution in [1.82, 2.24) is 0 Å². The molecule has 0 bridgehead atoms. The van der Waals surface area contributed by atoms with Crippen LogP contribution in [0.1, 0.15) is 122 Å². The molecule has 0 aromatic heterocycles. The molecule has 0 radical (unpaired) electrons. The second-order valence-corrected chi connectivity index (χ2v) is 10.4. The maximum atomic E-state index is 10.5. The molecule has 7 nitrogen and oxygen atoms in total. The van der Waals surface area contributed by atoms with Crippen LogP contribution in [-0.2, 0) is 23.3 Å². The van der Waals surface area contributed by atoms with Crippen LogP contribution in [0.2, 0.25) is 0 Å². The van der Waals surface area contributed by atoms with Crippen LogP contribution in [0.4, 0.5) is 0 Å². The Morgan fingerprint density at radius 1 is 0.441 bits per heavy atom. The molecule has 0 atom stereocenters. The molecule has 0 amide bonds. The summed E-state index contributed by atoms with van der Waals surface area (Å²) in [6.07, 6.45) is 24.9. The summed E-state index contributed by atoms with van der Waals surface area (Å²) in [5, 5.41) is 0. The Labute approximate surface area is 209 Å². The first-order valence-electron chi connectivity index (χ1n) is 14.0. The molecule has 0 fully saturated rings. The van der Waals surface area contributed by atoms with Gasteiger partial charge in [-0.2, -0.15) is 0 Å². The van der Waals surface area contributed by atoms with Crippen LogP contribution in [0, 0.1) is 0 Å². The van der Waals surface area contributed by atoms with E-state index >= 15 is 0 Å². The van der Waals surface area contributed by atoms with E-state index in [0.29, 0.717) is 26.4 Å². The van der Waals surface area contributed by atoms with Gasteiger partial charge in [0.05, 0.1) is 39.6 Å². The van der Waals surface area contributed by atoms with Gasteiger partial charge in [-0.25, -0.2) is 4.57 Å². The molecule has 0 saturated carbocycles. The van der Waals surface area contributed by atoms with Crippen molar-refractivity contribution in [3.63, 3.8) is 0 Å². The zero-order chi connectivity index (χ0) is 25.0. The Morgan fingerprint density at radius 2 is 0.735 bits per heavy atom. The summed E-state index contributed by atoms with van der Waals surface area (Å²) in [5.74, 6) is 0. The lowest BCUT2D eigenvalue weighted by atomic mass is 10.0. The van der Waals surface area contributed by atoms with Crippen molar-refractivity contribution < 1.29 is 33.1 Å². The van der Waals surface area contributed by atoms with Crippen molar-refractivity contribution in [3.8, 4) is 0 Å². The predicted molar refractivity (Wildman–Crippen MR) is 139 cm³/mol. The normalized spacial score (nSPS) is 12.0. The first kappa shape index (κ1) is 34.0. The minimum absolute atomic E-state index is 0.129. The summed E-state index contributed by atoms with van der Waals surface area (Å²) in [4.78, 5) is 17.0. The van der Waals surface area contributed by atoms with Gasteiger partial charge in [0, 0.05) is 6.61 Å². The lowest BCUT2D eigenvalue weighted by Gasteiger charge is -2.08. The molecule has 206 valence electrons. The van der Waals surface area contributed by atoms with Crippen LogP contribution in [0.5, 0.6) is 0 Å². The molecular weight excluding hydrogens is 455 g/mol. The molecule has 0 aromatic carbocycles. The molecule has 0 saturated heterocycles. The Kier molecular flexibility index (Phi) is 27.6. The predicted octanol–water partition coefficient (Wildman–Crippen LogP) is 7.19. The minimum atomic E-state index is -4.39. The molecule has 0 aromatic rings. The number of phosphoric acid groups is 1. The van der Waals surface area contributed by atoms with Crippen molar-refractivity contribution in [1.29, 1.82) is 0 Å². The first-order chi connectivity index (χ1) is 16.6. The molecule has 0 aliphatic carbocycles. The third kappa shape index (κ3) is 32.0. The van der Waals surface area contributed by atoms with E-state index in [4.69, 9.17) is 24.0 Å². The van der Waals surface area contributed by atoms with Gasteiger partial charge in [0.2, 0.25) is 0 Å². The Balaban J connectivity index is 3.03. The molecule has 0 spiro atoms. The fourth-order valence-electron chi connectivity index (χ4n) is 3.86. The van der Waals surface area contributed by atoms with Gasteiger partial charge in [-0.15, -0.1) is 0 Å². The van der Waals surface area contributed by atoms with Crippen LogP contribution < -0.4 is 0 Å². The summed E-state index contributed by atoms with van der Waals surface area (Å²) in [6, 6.07) is 0. The lowest BCUT2D eigenvalue weighted by Crippen LogP contribution is -2.11. The quantitative estimate of drug-likeness (QED) is 0.0812. The van der Waals surface area contributed by atoms with Crippen LogP contribution >= 0.6 is 7.82 Å². The van der Waals surface area contributed by atoms with Crippen molar-refractivity contribution in [2.75, 3.05) is 46.2 Å². The fraction of sp³-hybridized carbons (Fsp3) is 1.00. The van der Waals surface area contributed by atoms with Gasteiger partial charge in [0.15, 0.2) is 0 Å². The zero-order valence-electron chi connectivity index (χ0n) is 22.1. The summed E-state index contributed by atoms with van der Waals surface area (Å²) >= 11 is 0. The number of hydrogen-bond acceptors (Lipinski definition) is 5. The largest absolute Gasteiger partial charge is 0.469 e. The number of phosphoric ester groups is 1. The van der Waals surface area contributed by atoms with Crippen molar-refractivity contribution in [3.05, 3.63) is 0 Å². The number of unbranched alkanes of at least 4 members (excludes halogenated alkanes) is 17. The molecule has 2 N–H and O–H groups in total. The van der Waals surface area contributed by atoms with E-state index in [-0.39, 0.29) is 13.2 Å². The third-order valence-electron chi connectivity index (χ3n) is 5.87. The Morgan fingerprint density at radius 3 is 1.09 bits per heavy atom. The second kappa shape index (κ2) is 27.6. The average molecular weight is 511 g/mol. The molecule has 0 aliphatic rings. The van der Waals surface area contributed by atoms with E-state index < -0.39 is 7.82 Å². The zero-order valence-corrected chi connectivity index (χ0v) is 23.0. The molecule has 0 heterocycles. The van der Waals surface area contributed by atoms with Gasteiger partial charge < -0.3 is 24.0 Å². The van der Waals surface area contributed by atoms with E-state index in [1.165, 1.54) is 109 Å². The number of rotatable bonds is 29. The maximum absolute atomic E-state index is 10.5. The molecule has 0 aliphatic heterocycles. The highest BCUT2D eigenvalue weighted by atomic mass is 31.2. The highest BCUT2D eigenvalue weighted by Crippen LogP contribution is 2.35. The molecule has 0 rings (SSSR count). The van der Waals surface area contributed by atoms with E-state index in [2.05, 4.69) is 11.4 Å². The smallest absolute Gasteiger partial charge is 0.379 e. The van der Waals surface area contributed by atoms with E-state index in [0.717, 1.165) is 13.0 Å². The molecule has 0 unspecified atom stereocenters.